The maximum atomic E-state index is 11.9. The first kappa shape index (κ1) is 34.6. The van der Waals surface area contributed by atoms with Gasteiger partial charge in [-0.15, -0.1) is 0 Å². The first-order valence-corrected chi connectivity index (χ1v) is 17.1. The fourth-order valence-electron chi connectivity index (χ4n) is 5.76. The van der Waals surface area contributed by atoms with E-state index in [1.807, 2.05) is 109 Å². The van der Waals surface area contributed by atoms with Crippen LogP contribution in [0.15, 0.2) is 134 Å². The normalized spacial score (nSPS) is 11.2. The van der Waals surface area contributed by atoms with Crippen molar-refractivity contribution in [3.8, 4) is 22.5 Å². The van der Waals surface area contributed by atoms with E-state index >= 15 is 0 Å². The number of ketones is 1. The molecule has 2 aromatic carbocycles. The van der Waals surface area contributed by atoms with Crippen molar-refractivity contribution in [1.29, 1.82) is 0 Å². The largest absolute Gasteiger partial charge is 0.386 e. The van der Waals surface area contributed by atoms with Crippen molar-refractivity contribution < 1.29 is 9.90 Å². The number of pyridine rings is 2. The van der Waals surface area contributed by atoms with E-state index in [-0.39, 0.29) is 5.78 Å². The number of carbonyl (C=O) groups is 1. The minimum atomic E-state index is -1.04. The molecule has 8 aromatic rings. The highest BCUT2D eigenvalue weighted by Gasteiger charge is 2.24. The smallest absolute Gasteiger partial charge is 0.168 e. The van der Waals surface area contributed by atoms with Gasteiger partial charge in [0.1, 0.15) is 11.6 Å². The highest BCUT2D eigenvalue weighted by Crippen LogP contribution is 2.29. The average molecular weight is 703 g/mol. The summed E-state index contributed by atoms with van der Waals surface area (Å²) in [5.74, 6) is 1.51. The van der Waals surface area contributed by atoms with Crippen LogP contribution >= 0.6 is 0 Å². The van der Waals surface area contributed by atoms with E-state index in [9.17, 15) is 9.90 Å². The third-order valence-corrected chi connectivity index (χ3v) is 8.51. The van der Waals surface area contributed by atoms with E-state index in [1.54, 1.807) is 47.7 Å². The molecular weight excluding hydrogens is 665 g/mol. The number of anilines is 2. The third kappa shape index (κ3) is 7.92. The Morgan fingerprint density at radius 1 is 0.660 bits per heavy atom. The van der Waals surface area contributed by atoms with Crippen LogP contribution in [0.4, 0.5) is 11.6 Å². The van der Waals surface area contributed by atoms with Crippen LogP contribution in [-0.2, 0) is 18.7 Å². The first-order chi connectivity index (χ1) is 25.7. The molecule has 0 spiro atoms. The molecule has 264 valence electrons. The summed E-state index contributed by atoms with van der Waals surface area (Å²) in [6, 6.07) is 31.6. The second-order valence-electron chi connectivity index (χ2n) is 12.9. The number of nitrogens with one attached hydrogen (secondary N) is 2. The summed E-state index contributed by atoms with van der Waals surface area (Å²) < 4.78 is 3.40. The minimum absolute atomic E-state index is 0.0593. The maximum absolute atomic E-state index is 11.9. The van der Waals surface area contributed by atoms with Gasteiger partial charge in [-0.2, -0.15) is 19.2 Å². The van der Waals surface area contributed by atoms with Crippen molar-refractivity contribution in [1.82, 2.24) is 39.2 Å². The molecule has 12 heteroatoms. The summed E-state index contributed by atoms with van der Waals surface area (Å²) in [5.41, 5.74) is 7.06. The van der Waals surface area contributed by atoms with Crippen molar-refractivity contribution in [3.63, 3.8) is 0 Å². The van der Waals surface area contributed by atoms with Crippen molar-refractivity contribution in [2.75, 3.05) is 10.6 Å². The minimum Gasteiger partial charge on any atom is -0.386 e. The van der Waals surface area contributed by atoms with Crippen LogP contribution < -0.4 is 10.6 Å². The van der Waals surface area contributed by atoms with Crippen LogP contribution in [-0.4, -0.2) is 50.1 Å². The van der Waals surface area contributed by atoms with Crippen molar-refractivity contribution in [2.45, 2.75) is 39.5 Å². The average Bonchev–Trinajstić information content (AvgIpc) is 3.83. The number of rotatable bonds is 10. The van der Waals surface area contributed by atoms with E-state index in [0.29, 0.717) is 35.5 Å². The van der Waals surface area contributed by atoms with Crippen LogP contribution in [0.3, 0.4) is 0 Å². The molecule has 0 radical (unpaired) electrons. The second-order valence-corrected chi connectivity index (χ2v) is 12.9. The van der Waals surface area contributed by atoms with Gasteiger partial charge in [-0.3, -0.25) is 14.8 Å². The molecule has 0 fully saturated rings. The molecular formula is C41H38N10O2. The fourth-order valence-corrected chi connectivity index (χ4v) is 5.76. The summed E-state index contributed by atoms with van der Waals surface area (Å²) >= 11 is 0. The number of nitrogens with zero attached hydrogens (tertiary/aromatic N) is 8. The van der Waals surface area contributed by atoms with Gasteiger partial charge in [-0.25, -0.2) is 9.97 Å². The second kappa shape index (κ2) is 15.2. The van der Waals surface area contributed by atoms with E-state index < -0.39 is 5.60 Å². The standard InChI is InChI=1S/C21H21N5O.C20H17N5O/c1-21(2,27)17-14-24-26-19(23-13-15-7-6-10-22-12-15)11-18(25-20(17)26)16-8-4-3-5-9-16;1-14(26)17-13-23-25-19(22-12-15-6-5-9-21-11-15)10-18(24-20(17)25)16-7-3-2-4-8-16/h3-12,14,23,27H,13H2,1-2H3;2-11,13,22H,12H2,1H3. The van der Waals surface area contributed by atoms with E-state index in [4.69, 9.17) is 4.98 Å². The molecule has 0 saturated heterocycles. The van der Waals surface area contributed by atoms with Crippen LogP contribution in [0.1, 0.15) is 47.8 Å². The number of aliphatic hydroxyl groups is 1. The van der Waals surface area contributed by atoms with Gasteiger partial charge in [0, 0.05) is 66.7 Å². The topological polar surface area (TPSA) is 148 Å². The van der Waals surface area contributed by atoms with Crippen LogP contribution in [0, 0.1) is 0 Å². The molecule has 53 heavy (non-hydrogen) atoms. The molecule has 0 atom stereocenters. The lowest BCUT2D eigenvalue weighted by atomic mass is 10.0. The Hall–Kier alpha value is -6.79. The Kier molecular flexibility index (Phi) is 9.95. The van der Waals surface area contributed by atoms with E-state index in [1.165, 1.54) is 6.92 Å². The summed E-state index contributed by atoms with van der Waals surface area (Å²) in [6.07, 6.45) is 10.4. The molecule has 0 saturated carbocycles. The van der Waals surface area contributed by atoms with Gasteiger partial charge in [-0.1, -0.05) is 72.8 Å². The Balaban J connectivity index is 0.000000164. The predicted octanol–water partition coefficient (Wildman–Crippen LogP) is 7.24. The monoisotopic (exact) mass is 702 g/mol. The van der Waals surface area contributed by atoms with Gasteiger partial charge in [0.2, 0.25) is 0 Å². The number of hydrogen-bond acceptors (Lipinski definition) is 10. The Bertz CT molecular complexity index is 2460. The maximum Gasteiger partial charge on any atom is 0.168 e. The van der Waals surface area contributed by atoms with Crippen LogP contribution in [0.5, 0.6) is 0 Å². The lowest BCUT2D eigenvalue weighted by molar-refractivity contribution is 0.0799. The molecule has 0 bridgehead atoms. The number of hydrogen-bond donors (Lipinski definition) is 3. The molecule has 6 aromatic heterocycles. The van der Waals surface area contributed by atoms with E-state index in [2.05, 4.69) is 35.8 Å². The number of aromatic nitrogens is 8. The zero-order chi connectivity index (χ0) is 36.8. The number of fused-ring (bicyclic) bond motifs is 2. The number of benzene rings is 2. The summed E-state index contributed by atoms with van der Waals surface area (Å²) in [4.78, 5) is 29.7. The lowest BCUT2D eigenvalue weighted by Crippen LogP contribution is -2.16. The highest BCUT2D eigenvalue weighted by molar-refractivity contribution is 6.00. The SMILES string of the molecule is CC(=O)c1cnn2c(NCc3cccnc3)cc(-c3ccccc3)nc12.CC(C)(O)c1cnn2c(NCc3cccnc3)cc(-c3ccccc3)nc12. The highest BCUT2D eigenvalue weighted by atomic mass is 16.3. The molecule has 0 unspecified atom stereocenters. The van der Waals surface area contributed by atoms with Crippen molar-refractivity contribution >= 4 is 28.7 Å². The summed E-state index contributed by atoms with van der Waals surface area (Å²) in [7, 11) is 0. The predicted molar refractivity (Wildman–Crippen MR) is 205 cm³/mol. The molecule has 0 aliphatic carbocycles. The van der Waals surface area contributed by atoms with Gasteiger partial charge in [0.25, 0.3) is 0 Å². The molecule has 0 aliphatic heterocycles. The lowest BCUT2D eigenvalue weighted by Gasteiger charge is -2.16. The number of Topliss-reactive ketones (excluding diaryl/α,β-unsaturated/α-hetero) is 1. The molecule has 3 N–H and O–H groups in total. The fraction of sp³-hybridized carbons (Fsp3) is 0.146. The van der Waals surface area contributed by atoms with Gasteiger partial charge >= 0.3 is 0 Å². The Morgan fingerprint density at radius 3 is 1.62 bits per heavy atom. The van der Waals surface area contributed by atoms with E-state index in [0.717, 1.165) is 45.3 Å². The van der Waals surface area contributed by atoms with Crippen LogP contribution in [0.2, 0.25) is 0 Å². The number of carbonyl (C=O) groups excluding carboxylic acids is 1. The molecule has 8 rings (SSSR count). The van der Waals surface area contributed by atoms with Gasteiger partial charge in [0.15, 0.2) is 17.1 Å². The van der Waals surface area contributed by atoms with Crippen molar-refractivity contribution in [2.24, 2.45) is 0 Å². The molecule has 12 nitrogen and oxygen atoms in total. The molecule has 0 amide bonds. The van der Waals surface area contributed by atoms with Crippen molar-refractivity contribution in [3.05, 3.63) is 156 Å². The Morgan fingerprint density at radius 2 is 1.15 bits per heavy atom. The van der Waals surface area contributed by atoms with Gasteiger partial charge < -0.3 is 15.7 Å². The van der Waals surface area contributed by atoms with Gasteiger partial charge in [0.05, 0.1) is 34.9 Å². The zero-order valence-corrected chi connectivity index (χ0v) is 29.5. The quantitative estimate of drug-likeness (QED) is 0.125. The third-order valence-electron chi connectivity index (χ3n) is 8.51. The summed E-state index contributed by atoms with van der Waals surface area (Å²) in [5, 5.41) is 26.1. The first-order valence-electron chi connectivity index (χ1n) is 17.1. The summed E-state index contributed by atoms with van der Waals surface area (Å²) in [6.45, 7) is 6.21. The van der Waals surface area contributed by atoms with Crippen LogP contribution in [0.25, 0.3) is 33.8 Å². The van der Waals surface area contributed by atoms with Gasteiger partial charge in [-0.05, 0) is 44.0 Å². The Labute approximate surface area is 306 Å². The molecule has 6 heterocycles. The zero-order valence-electron chi connectivity index (χ0n) is 29.5. The molecule has 0 aliphatic rings.